The van der Waals surface area contributed by atoms with Gasteiger partial charge in [-0.15, -0.1) is 0 Å². The average Bonchev–Trinajstić information content (AvgIpc) is 2.50. The van der Waals surface area contributed by atoms with Gasteiger partial charge in [-0.25, -0.2) is 0 Å². The summed E-state index contributed by atoms with van der Waals surface area (Å²) in [5.74, 6) is -0.677. The SMILES string of the molecule is CCCCC(CO)(Cc1cc(C(C)(C)C)c(O)c(C(C)(C)C)c1)C(=O)O. The molecule has 0 aliphatic heterocycles. The monoisotopic (exact) mass is 364 g/mol. The van der Waals surface area contributed by atoms with Gasteiger partial charge in [0.1, 0.15) is 5.75 Å². The van der Waals surface area contributed by atoms with E-state index >= 15 is 0 Å². The van der Waals surface area contributed by atoms with Crippen LogP contribution in [0.15, 0.2) is 12.1 Å². The lowest BCUT2D eigenvalue weighted by Crippen LogP contribution is -2.37. The number of aliphatic hydroxyl groups excluding tert-OH is 1. The zero-order valence-corrected chi connectivity index (χ0v) is 17.4. The molecule has 0 heterocycles. The summed E-state index contributed by atoms with van der Waals surface area (Å²) >= 11 is 0. The molecule has 148 valence electrons. The van der Waals surface area contributed by atoms with Crippen LogP contribution in [0, 0.1) is 5.41 Å². The summed E-state index contributed by atoms with van der Waals surface area (Å²) in [5.41, 5.74) is 0.756. The minimum Gasteiger partial charge on any atom is -0.507 e. The number of aromatic hydroxyl groups is 1. The average molecular weight is 365 g/mol. The number of carboxylic acids is 1. The van der Waals surface area contributed by atoms with E-state index in [1.54, 1.807) is 0 Å². The van der Waals surface area contributed by atoms with Crippen LogP contribution in [0.1, 0.15) is 84.4 Å². The van der Waals surface area contributed by atoms with Gasteiger partial charge in [-0.1, -0.05) is 73.4 Å². The first kappa shape index (κ1) is 22.5. The molecule has 0 aromatic heterocycles. The minimum absolute atomic E-state index is 0.255. The first-order valence-electron chi connectivity index (χ1n) is 9.49. The van der Waals surface area contributed by atoms with Crippen molar-refractivity contribution in [2.75, 3.05) is 6.61 Å². The largest absolute Gasteiger partial charge is 0.507 e. The van der Waals surface area contributed by atoms with Crippen molar-refractivity contribution < 1.29 is 20.1 Å². The van der Waals surface area contributed by atoms with E-state index in [-0.39, 0.29) is 29.6 Å². The van der Waals surface area contributed by atoms with Crippen molar-refractivity contribution >= 4 is 5.97 Å². The Morgan fingerprint density at radius 1 is 1.00 bits per heavy atom. The smallest absolute Gasteiger partial charge is 0.312 e. The predicted octanol–water partition coefficient (Wildman–Crippen LogP) is 4.78. The minimum atomic E-state index is -1.18. The topological polar surface area (TPSA) is 77.8 Å². The second-order valence-electron chi connectivity index (χ2n) is 9.56. The van der Waals surface area contributed by atoms with Gasteiger partial charge in [0.2, 0.25) is 0 Å². The Hall–Kier alpha value is -1.55. The van der Waals surface area contributed by atoms with E-state index in [4.69, 9.17) is 0 Å². The molecule has 3 N–H and O–H groups in total. The number of hydrogen-bond acceptors (Lipinski definition) is 3. The lowest BCUT2D eigenvalue weighted by atomic mass is 9.74. The quantitative estimate of drug-likeness (QED) is 0.650. The van der Waals surface area contributed by atoms with E-state index < -0.39 is 11.4 Å². The molecule has 0 aliphatic carbocycles. The molecule has 0 saturated heterocycles. The van der Waals surface area contributed by atoms with E-state index in [1.165, 1.54) is 0 Å². The highest BCUT2D eigenvalue weighted by Crippen LogP contribution is 2.41. The molecular weight excluding hydrogens is 328 g/mol. The van der Waals surface area contributed by atoms with E-state index in [0.717, 1.165) is 29.5 Å². The number of phenols is 1. The summed E-state index contributed by atoms with van der Waals surface area (Å²) in [6.45, 7) is 13.8. The predicted molar refractivity (Wildman–Crippen MR) is 106 cm³/mol. The number of aliphatic carboxylic acids is 1. The van der Waals surface area contributed by atoms with Gasteiger partial charge in [-0.05, 0) is 40.4 Å². The van der Waals surface area contributed by atoms with Crippen LogP contribution in [-0.4, -0.2) is 27.9 Å². The maximum atomic E-state index is 12.0. The zero-order valence-electron chi connectivity index (χ0n) is 17.4. The molecule has 1 aromatic rings. The van der Waals surface area contributed by atoms with Crippen LogP contribution in [0.3, 0.4) is 0 Å². The van der Waals surface area contributed by atoms with Crippen molar-refractivity contribution in [3.63, 3.8) is 0 Å². The summed E-state index contributed by atoms with van der Waals surface area (Å²) in [7, 11) is 0. The molecule has 0 fully saturated rings. The number of rotatable bonds is 7. The molecule has 4 heteroatoms. The van der Waals surface area contributed by atoms with E-state index in [9.17, 15) is 20.1 Å². The van der Waals surface area contributed by atoms with Gasteiger partial charge in [-0.2, -0.15) is 0 Å². The fourth-order valence-electron chi connectivity index (χ4n) is 3.32. The Labute approximate surface area is 158 Å². The van der Waals surface area contributed by atoms with Crippen molar-refractivity contribution in [3.05, 3.63) is 28.8 Å². The van der Waals surface area contributed by atoms with Crippen LogP contribution >= 0.6 is 0 Å². The molecule has 1 unspecified atom stereocenters. The van der Waals surface area contributed by atoms with Crippen LogP contribution in [0.4, 0.5) is 0 Å². The molecule has 0 spiro atoms. The van der Waals surface area contributed by atoms with Gasteiger partial charge in [0.05, 0.1) is 12.0 Å². The first-order valence-corrected chi connectivity index (χ1v) is 9.49. The van der Waals surface area contributed by atoms with Crippen LogP contribution < -0.4 is 0 Å². The highest BCUT2D eigenvalue weighted by molar-refractivity contribution is 5.75. The third-order valence-corrected chi connectivity index (χ3v) is 5.09. The Morgan fingerprint density at radius 2 is 1.46 bits per heavy atom. The molecule has 26 heavy (non-hydrogen) atoms. The number of hydrogen-bond donors (Lipinski definition) is 3. The normalized spacial score (nSPS) is 14.9. The first-order chi connectivity index (χ1) is 11.8. The molecule has 1 atom stereocenters. The Morgan fingerprint density at radius 3 is 1.77 bits per heavy atom. The maximum absolute atomic E-state index is 12.0. The molecule has 0 amide bonds. The second-order valence-corrected chi connectivity index (χ2v) is 9.56. The van der Waals surface area contributed by atoms with Gasteiger partial charge in [0.15, 0.2) is 0 Å². The van der Waals surface area contributed by atoms with Gasteiger partial charge in [0, 0.05) is 0 Å². The molecule has 4 nitrogen and oxygen atoms in total. The fourth-order valence-corrected chi connectivity index (χ4v) is 3.32. The molecule has 0 radical (unpaired) electrons. The lowest BCUT2D eigenvalue weighted by molar-refractivity contribution is -0.152. The Balaban J connectivity index is 3.54. The van der Waals surface area contributed by atoms with Gasteiger partial charge < -0.3 is 15.3 Å². The number of benzene rings is 1. The third kappa shape index (κ3) is 5.00. The summed E-state index contributed by atoms with van der Waals surface area (Å²) in [4.78, 5) is 12.0. The van der Waals surface area contributed by atoms with Crippen molar-refractivity contribution in [2.24, 2.45) is 5.41 Å². The lowest BCUT2D eigenvalue weighted by Gasteiger charge is -2.31. The summed E-state index contributed by atoms with van der Waals surface area (Å²) in [5, 5.41) is 30.6. The third-order valence-electron chi connectivity index (χ3n) is 5.09. The number of carboxylic acid groups (broad SMARTS) is 1. The van der Waals surface area contributed by atoms with Crippen molar-refractivity contribution in [3.8, 4) is 5.75 Å². The Kier molecular flexibility index (Phi) is 6.92. The summed E-state index contributed by atoms with van der Waals surface area (Å²) in [6.07, 6.45) is 2.32. The molecule has 1 rings (SSSR count). The number of phenolic OH excluding ortho intramolecular Hbond substituents is 1. The van der Waals surface area contributed by atoms with E-state index in [2.05, 4.69) is 0 Å². The molecule has 0 aliphatic rings. The fraction of sp³-hybridized carbons (Fsp3) is 0.682. The molecule has 1 aromatic carbocycles. The Bertz CT molecular complexity index is 600. The molecular formula is C22H36O4. The van der Waals surface area contributed by atoms with Gasteiger partial charge in [-0.3, -0.25) is 4.79 Å². The van der Waals surface area contributed by atoms with Gasteiger partial charge >= 0.3 is 5.97 Å². The van der Waals surface area contributed by atoms with Crippen molar-refractivity contribution in [1.29, 1.82) is 0 Å². The van der Waals surface area contributed by atoms with Crippen molar-refractivity contribution in [1.82, 2.24) is 0 Å². The van der Waals surface area contributed by atoms with Crippen LogP contribution in [-0.2, 0) is 22.0 Å². The molecule has 0 saturated carbocycles. The second kappa shape index (κ2) is 7.99. The molecule has 0 bridgehead atoms. The summed E-state index contributed by atoms with van der Waals surface area (Å²) < 4.78 is 0. The zero-order chi connectivity index (χ0) is 20.3. The number of carbonyl (C=O) groups is 1. The van der Waals surface area contributed by atoms with Crippen LogP contribution in [0.25, 0.3) is 0 Å². The standard InChI is InChI=1S/C22H36O4/c1-8-9-10-22(14-23,19(25)26)13-15-11-16(20(2,3)4)18(24)17(12-15)21(5,6)7/h11-12,23-24H,8-10,13-14H2,1-7H3,(H,25,26). The van der Waals surface area contributed by atoms with Crippen molar-refractivity contribution in [2.45, 2.75) is 85.0 Å². The van der Waals surface area contributed by atoms with Gasteiger partial charge in [0.25, 0.3) is 0 Å². The highest BCUT2D eigenvalue weighted by atomic mass is 16.4. The number of unbranched alkanes of at least 4 members (excludes halogenated alkanes) is 1. The van der Waals surface area contributed by atoms with Crippen LogP contribution in [0.2, 0.25) is 0 Å². The van der Waals surface area contributed by atoms with E-state index in [0.29, 0.717) is 6.42 Å². The number of aliphatic hydroxyl groups is 1. The highest BCUT2D eigenvalue weighted by Gasteiger charge is 2.38. The van der Waals surface area contributed by atoms with Crippen LogP contribution in [0.5, 0.6) is 5.75 Å². The maximum Gasteiger partial charge on any atom is 0.312 e. The summed E-state index contributed by atoms with van der Waals surface area (Å²) in [6, 6.07) is 3.81. The van der Waals surface area contributed by atoms with E-state index in [1.807, 2.05) is 60.6 Å².